The number of anilines is 1. The lowest BCUT2D eigenvalue weighted by atomic mass is 9.81. The lowest BCUT2D eigenvalue weighted by molar-refractivity contribution is -0.125. The molecule has 2 rings (SSSR count). The zero-order valence-electron chi connectivity index (χ0n) is 13.1. The van der Waals surface area contributed by atoms with Gasteiger partial charge < -0.3 is 15.4 Å². The van der Waals surface area contributed by atoms with Crippen molar-refractivity contribution in [1.82, 2.24) is 10.3 Å². The molecular weight excluding hydrogens is 266 g/mol. The van der Waals surface area contributed by atoms with Crippen LogP contribution in [0.5, 0.6) is 5.88 Å². The summed E-state index contributed by atoms with van der Waals surface area (Å²) in [5.74, 6) is 0.550. The van der Waals surface area contributed by atoms with Gasteiger partial charge >= 0.3 is 0 Å². The van der Waals surface area contributed by atoms with E-state index in [2.05, 4.69) is 22.5 Å². The summed E-state index contributed by atoms with van der Waals surface area (Å²) in [6, 6.07) is 3.65. The fourth-order valence-electron chi connectivity index (χ4n) is 2.80. The summed E-state index contributed by atoms with van der Waals surface area (Å²) in [5.41, 5.74) is 0.346. The molecular formula is C16H25N3O2. The monoisotopic (exact) mass is 291 g/mol. The van der Waals surface area contributed by atoms with E-state index in [-0.39, 0.29) is 17.4 Å². The van der Waals surface area contributed by atoms with Gasteiger partial charge in [0, 0.05) is 12.7 Å². The molecule has 2 N–H and O–H groups in total. The van der Waals surface area contributed by atoms with E-state index in [0.717, 1.165) is 32.4 Å². The van der Waals surface area contributed by atoms with Crippen LogP contribution in [0.1, 0.15) is 40.0 Å². The van der Waals surface area contributed by atoms with E-state index < -0.39 is 0 Å². The van der Waals surface area contributed by atoms with Crippen LogP contribution >= 0.6 is 0 Å². The van der Waals surface area contributed by atoms with Crippen molar-refractivity contribution in [2.75, 3.05) is 18.4 Å². The molecule has 5 nitrogen and oxygen atoms in total. The highest BCUT2D eigenvalue weighted by atomic mass is 16.5. The summed E-state index contributed by atoms with van der Waals surface area (Å²) in [5, 5.41) is 6.32. The van der Waals surface area contributed by atoms with Gasteiger partial charge in [0.05, 0.1) is 11.5 Å². The third-order valence-electron chi connectivity index (χ3n) is 3.82. The predicted molar refractivity (Wildman–Crippen MR) is 83.5 cm³/mol. The van der Waals surface area contributed by atoms with Gasteiger partial charge in [0.2, 0.25) is 11.8 Å². The summed E-state index contributed by atoms with van der Waals surface area (Å²) >= 11 is 0. The largest absolute Gasteiger partial charge is 0.473 e. The second-order valence-corrected chi connectivity index (χ2v) is 5.93. The topological polar surface area (TPSA) is 63.2 Å². The van der Waals surface area contributed by atoms with E-state index in [0.29, 0.717) is 11.6 Å². The molecule has 1 fully saturated rings. The van der Waals surface area contributed by atoms with Crippen molar-refractivity contribution < 1.29 is 9.53 Å². The number of carbonyl (C=O) groups excluding carboxylic acids is 1. The van der Waals surface area contributed by atoms with Gasteiger partial charge in [-0.05, 0) is 45.4 Å². The lowest BCUT2D eigenvalue weighted by Crippen LogP contribution is -2.38. The van der Waals surface area contributed by atoms with Crippen molar-refractivity contribution in [2.45, 2.75) is 46.1 Å². The van der Waals surface area contributed by atoms with Gasteiger partial charge in [-0.3, -0.25) is 4.79 Å². The minimum Gasteiger partial charge on any atom is -0.473 e. The first kappa shape index (κ1) is 15.8. The van der Waals surface area contributed by atoms with E-state index in [1.54, 1.807) is 6.20 Å². The minimum atomic E-state index is -0.306. The van der Waals surface area contributed by atoms with Gasteiger partial charge in [0.15, 0.2) is 0 Å². The van der Waals surface area contributed by atoms with Crippen molar-refractivity contribution in [3.8, 4) is 5.88 Å². The summed E-state index contributed by atoms with van der Waals surface area (Å²) in [6.07, 6.45) is 4.47. The molecule has 0 aromatic carbocycles. The van der Waals surface area contributed by atoms with Gasteiger partial charge in [-0.15, -0.1) is 0 Å². The quantitative estimate of drug-likeness (QED) is 0.845. The minimum absolute atomic E-state index is 0.0216. The first-order chi connectivity index (χ1) is 10.1. The maximum Gasteiger partial charge on any atom is 0.238 e. The SMILES string of the molecule is CCCC1(C(=O)Nc2cccnc2OC(C)C)CCNC1. The average molecular weight is 291 g/mol. The van der Waals surface area contributed by atoms with Crippen molar-refractivity contribution in [1.29, 1.82) is 0 Å². The predicted octanol–water partition coefficient (Wildman–Crippen LogP) is 2.59. The Balaban J connectivity index is 2.15. The van der Waals surface area contributed by atoms with Crippen LogP contribution in [0.25, 0.3) is 0 Å². The molecule has 2 heterocycles. The second kappa shape index (κ2) is 6.89. The summed E-state index contributed by atoms with van der Waals surface area (Å²) < 4.78 is 5.66. The van der Waals surface area contributed by atoms with E-state index in [4.69, 9.17) is 4.74 Å². The second-order valence-electron chi connectivity index (χ2n) is 5.93. The Morgan fingerprint density at radius 3 is 3.00 bits per heavy atom. The highest BCUT2D eigenvalue weighted by molar-refractivity contribution is 5.96. The Morgan fingerprint density at radius 1 is 1.57 bits per heavy atom. The van der Waals surface area contributed by atoms with E-state index in [1.807, 2.05) is 26.0 Å². The smallest absolute Gasteiger partial charge is 0.238 e. The highest BCUT2D eigenvalue weighted by Crippen LogP contribution is 2.33. The van der Waals surface area contributed by atoms with Crippen LogP contribution in [-0.2, 0) is 4.79 Å². The summed E-state index contributed by atoms with van der Waals surface area (Å²) in [6.45, 7) is 7.65. The molecule has 1 aromatic heterocycles. The molecule has 1 aliphatic heterocycles. The van der Waals surface area contributed by atoms with Crippen molar-refractivity contribution in [2.24, 2.45) is 5.41 Å². The number of hydrogen-bond donors (Lipinski definition) is 2. The molecule has 1 atom stereocenters. The van der Waals surface area contributed by atoms with Gasteiger partial charge in [0.25, 0.3) is 0 Å². The molecule has 1 unspecified atom stereocenters. The number of nitrogens with one attached hydrogen (secondary N) is 2. The maximum absolute atomic E-state index is 12.7. The van der Waals surface area contributed by atoms with Crippen LogP contribution in [0.15, 0.2) is 18.3 Å². The van der Waals surface area contributed by atoms with Crippen LogP contribution in [0.3, 0.4) is 0 Å². The van der Waals surface area contributed by atoms with E-state index >= 15 is 0 Å². The molecule has 5 heteroatoms. The van der Waals surface area contributed by atoms with Gasteiger partial charge in [-0.25, -0.2) is 4.98 Å². The Hall–Kier alpha value is -1.62. The van der Waals surface area contributed by atoms with Crippen LogP contribution in [0.4, 0.5) is 5.69 Å². The molecule has 0 bridgehead atoms. The summed E-state index contributed by atoms with van der Waals surface area (Å²) in [4.78, 5) is 16.9. The summed E-state index contributed by atoms with van der Waals surface area (Å²) in [7, 11) is 0. The molecule has 0 spiro atoms. The number of amides is 1. The van der Waals surface area contributed by atoms with Crippen LogP contribution in [-0.4, -0.2) is 30.1 Å². The fraction of sp³-hybridized carbons (Fsp3) is 0.625. The number of nitrogens with zero attached hydrogens (tertiary/aromatic N) is 1. The standard InChI is InChI=1S/C16H25N3O2/c1-4-7-16(8-10-17-11-16)15(20)19-13-6-5-9-18-14(13)21-12(2)3/h5-6,9,12,17H,4,7-8,10-11H2,1-3H3,(H,19,20). The Labute approximate surface area is 126 Å². The molecule has 116 valence electrons. The molecule has 0 aliphatic carbocycles. The van der Waals surface area contributed by atoms with Crippen LogP contribution in [0.2, 0.25) is 0 Å². The zero-order chi connectivity index (χ0) is 15.3. The molecule has 1 aromatic rings. The van der Waals surface area contributed by atoms with Crippen molar-refractivity contribution in [3.05, 3.63) is 18.3 Å². The molecule has 0 saturated carbocycles. The Morgan fingerprint density at radius 2 is 2.38 bits per heavy atom. The number of ether oxygens (including phenoxy) is 1. The number of carbonyl (C=O) groups is 1. The zero-order valence-corrected chi connectivity index (χ0v) is 13.1. The van der Waals surface area contributed by atoms with Crippen molar-refractivity contribution in [3.63, 3.8) is 0 Å². The molecule has 21 heavy (non-hydrogen) atoms. The first-order valence-electron chi connectivity index (χ1n) is 7.71. The van der Waals surface area contributed by atoms with Gasteiger partial charge in [0.1, 0.15) is 5.69 Å². The Kier molecular flexibility index (Phi) is 5.17. The highest BCUT2D eigenvalue weighted by Gasteiger charge is 2.40. The molecule has 0 radical (unpaired) electrons. The van der Waals surface area contributed by atoms with Gasteiger partial charge in [-0.1, -0.05) is 13.3 Å². The number of pyridine rings is 1. The lowest BCUT2D eigenvalue weighted by Gasteiger charge is -2.26. The van der Waals surface area contributed by atoms with Gasteiger partial charge in [-0.2, -0.15) is 0 Å². The number of hydrogen-bond acceptors (Lipinski definition) is 4. The molecule has 1 amide bonds. The third-order valence-corrected chi connectivity index (χ3v) is 3.82. The number of rotatable bonds is 6. The Bertz CT molecular complexity index is 482. The average Bonchev–Trinajstić information content (AvgIpc) is 2.91. The van der Waals surface area contributed by atoms with E-state index in [1.165, 1.54) is 0 Å². The van der Waals surface area contributed by atoms with Crippen LogP contribution in [0, 0.1) is 5.41 Å². The molecule has 1 aliphatic rings. The maximum atomic E-state index is 12.7. The normalized spacial score (nSPS) is 21.5. The van der Waals surface area contributed by atoms with E-state index in [9.17, 15) is 4.79 Å². The van der Waals surface area contributed by atoms with Crippen LogP contribution < -0.4 is 15.4 Å². The number of aromatic nitrogens is 1. The van der Waals surface area contributed by atoms with Crippen molar-refractivity contribution >= 4 is 11.6 Å². The first-order valence-corrected chi connectivity index (χ1v) is 7.71. The fourth-order valence-corrected chi connectivity index (χ4v) is 2.80. The molecule has 1 saturated heterocycles. The third kappa shape index (κ3) is 3.73.